The second-order valence-corrected chi connectivity index (χ2v) is 2.04. The summed E-state index contributed by atoms with van der Waals surface area (Å²) < 4.78 is 57.5. The summed E-state index contributed by atoms with van der Waals surface area (Å²) in [6.07, 6.45) is -5.08. The van der Waals surface area contributed by atoms with Crippen LogP contribution in [0.25, 0.3) is 0 Å². The van der Waals surface area contributed by atoms with Gasteiger partial charge in [-0.15, -0.1) is 0 Å². The van der Waals surface area contributed by atoms with E-state index in [0.29, 0.717) is 0 Å². The molecule has 0 heterocycles. The molecule has 0 spiro atoms. The largest absolute Gasteiger partial charge is 0.297 e. The number of rotatable bonds is 3. The summed E-state index contributed by atoms with van der Waals surface area (Å²) in [5.41, 5.74) is -3.04. The molecule has 0 aliphatic rings. The zero-order valence-electron chi connectivity index (χ0n) is 4.63. The van der Waals surface area contributed by atoms with Crippen LogP contribution in [0.15, 0.2) is 0 Å². The minimum absolute atomic E-state index is 1.84. The van der Waals surface area contributed by atoms with Gasteiger partial charge in [0.05, 0.1) is 6.42 Å². The number of hydrogen-bond acceptors (Lipinski definition) is 0. The van der Waals surface area contributed by atoms with E-state index in [2.05, 4.69) is 11.6 Å². The van der Waals surface area contributed by atoms with Gasteiger partial charge in [-0.1, -0.05) is 11.6 Å². The molecule has 0 nitrogen and oxygen atoms in total. The van der Waals surface area contributed by atoms with E-state index >= 15 is 0 Å². The summed E-state index contributed by atoms with van der Waals surface area (Å²) in [4.78, 5) is 0. The molecule has 0 aliphatic carbocycles. The molecule has 1 atom stereocenters. The van der Waals surface area contributed by atoms with Crippen molar-refractivity contribution in [3.63, 3.8) is 0 Å². The van der Waals surface area contributed by atoms with Gasteiger partial charge < -0.3 is 0 Å². The Labute approximate surface area is 59.0 Å². The molecule has 0 aromatic rings. The molecule has 0 bridgehead atoms. The summed E-state index contributed by atoms with van der Waals surface area (Å²) in [6.45, 7) is 0. The molecule has 0 rings (SSSR count). The van der Waals surface area contributed by atoms with Crippen LogP contribution in [0.3, 0.4) is 0 Å². The fourth-order valence-corrected chi connectivity index (χ4v) is 0.384. The summed E-state index contributed by atoms with van der Waals surface area (Å²) in [6, 6.07) is 0. The predicted molar refractivity (Wildman–Crippen MR) is 26.3 cm³/mol. The highest BCUT2D eigenvalue weighted by atomic mass is 35.5. The van der Waals surface area contributed by atoms with Crippen molar-refractivity contribution in [1.82, 2.24) is 0 Å². The van der Waals surface area contributed by atoms with E-state index in [1.165, 1.54) is 0 Å². The van der Waals surface area contributed by atoms with Crippen LogP contribution >= 0.6 is 11.6 Å². The van der Waals surface area contributed by atoms with E-state index in [0.717, 1.165) is 0 Å². The smallest absolute Gasteiger partial charge is 0.223 e. The van der Waals surface area contributed by atoms with Gasteiger partial charge in [-0.25, -0.2) is 22.0 Å². The lowest BCUT2D eigenvalue weighted by Gasteiger charge is -2.14. The Kier molecular flexibility index (Phi) is 3.35. The van der Waals surface area contributed by atoms with Crippen LogP contribution in [0.2, 0.25) is 0 Å². The van der Waals surface area contributed by atoms with Crippen LogP contribution in [0.5, 0.6) is 0 Å². The fraction of sp³-hybridized carbons (Fsp3) is 1.00. The Morgan fingerprint density at radius 3 is 1.70 bits per heavy atom. The van der Waals surface area contributed by atoms with Crippen molar-refractivity contribution < 1.29 is 22.0 Å². The first-order chi connectivity index (χ1) is 4.36. The third-order valence-electron chi connectivity index (χ3n) is 0.746. The molecule has 6 heteroatoms. The highest BCUT2D eigenvalue weighted by Crippen LogP contribution is 2.30. The number of halogens is 6. The lowest BCUT2D eigenvalue weighted by molar-refractivity contribution is -0.0828. The fourth-order valence-electron chi connectivity index (χ4n) is 0.295. The van der Waals surface area contributed by atoms with Gasteiger partial charge in [0.25, 0.3) is 5.92 Å². The highest BCUT2D eigenvalue weighted by Gasteiger charge is 2.41. The first-order valence-corrected chi connectivity index (χ1v) is 2.74. The number of hydrogen-bond donors (Lipinski definition) is 0. The third kappa shape index (κ3) is 3.20. The van der Waals surface area contributed by atoms with E-state index in [4.69, 9.17) is 0 Å². The van der Waals surface area contributed by atoms with Crippen molar-refractivity contribution in [1.29, 1.82) is 0 Å². The zero-order chi connectivity index (χ0) is 8.36. The standard InChI is InChI=1S/C4H4ClF5/c5-3(8)4(9,10)1-2(6)7/h2-3H,1H2. The second kappa shape index (κ2) is 3.37. The third-order valence-corrected chi connectivity index (χ3v) is 1.06. The van der Waals surface area contributed by atoms with Gasteiger partial charge >= 0.3 is 0 Å². The Morgan fingerprint density at radius 1 is 1.20 bits per heavy atom. The molecule has 0 radical (unpaired) electrons. The summed E-state index contributed by atoms with van der Waals surface area (Å²) in [7, 11) is 0. The molecular weight excluding hydrogens is 178 g/mol. The molecular formula is C4H4ClF5. The van der Waals surface area contributed by atoms with Crippen LogP contribution in [-0.2, 0) is 0 Å². The maximum absolute atomic E-state index is 11.8. The minimum Gasteiger partial charge on any atom is -0.223 e. The van der Waals surface area contributed by atoms with Gasteiger partial charge in [0.1, 0.15) is 0 Å². The Balaban J connectivity index is 3.87. The normalized spacial score (nSPS) is 15.9. The minimum atomic E-state index is -4.13. The Bertz CT molecular complexity index is 102. The van der Waals surface area contributed by atoms with Crippen LogP contribution in [0.1, 0.15) is 6.42 Å². The van der Waals surface area contributed by atoms with Crippen LogP contribution in [-0.4, -0.2) is 18.0 Å². The molecule has 0 aromatic heterocycles. The molecule has 1 unspecified atom stereocenters. The lowest BCUT2D eigenvalue weighted by Crippen LogP contribution is -2.28. The molecule has 0 saturated carbocycles. The summed E-state index contributed by atoms with van der Waals surface area (Å²) in [5, 5.41) is 0. The maximum Gasteiger partial charge on any atom is 0.297 e. The van der Waals surface area contributed by atoms with Crippen LogP contribution in [0, 0.1) is 0 Å². The first-order valence-electron chi connectivity index (χ1n) is 2.30. The maximum atomic E-state index is 11.8. The monoisotopic (exact) mass is 182 g/mol. The average Bonchev–Trinajstić information content (AvgIpc) is 1.60. The van der Waals surface area contributed by atoms with E-state index in [9.17, 15) is 22.0 Å². The van der Waals surface area contributed by atoms with Gasteiger partial charge in [-0.2, -0.15) is 0 Å². The van der Waals surface area contributed by atoms with E-state index < -0.39 is 24.4 Å². The molecule has 0 aliphatic heterocycles. The summed E-state index contributed by atoms with van der Waals surface area (Å²) >= 11 is 4.26. The second-order valence-electron chi connectivity index (χ2n) is 1.66. The summed E-state index contributed by atoms with van der Waals surface area (Å²) in [5.74, 6) is -4.13. The quantitative estimate of drug-likeness (QED) is 0.465. The van der Waals surface area contributed by atoms with Gasteiger partial charge in [-0.05, 0) is 0 Å². The molecule has 0 saturated heterocycles. The molecule has 0 amide bonds. The predicted octanol–water partition coefficient (Wildman–Crippen LogP) is 2.81. The molecule has 0 fully saturated rings. The molecule has 0 aromatic carbocycles. The SMILES string of the molecule is FC(F)CC(F)(F)C(F)Cl. The van der Waals surface area contributed by atoms with Crippen LogP contribution < -0.4 is 0 Å². The van der Waals surface area contributed by atoms with Gasteiger partial charge in [0.2, 0.25) is 12.1 Å². The topological polar surface area (TPSA) is 0 Å². The average molecular weight is 183 g/mol. The van der Waals surface area contributed by atoms with Crippen molar-refractivity contribution in [2.75, 3.05) is 0 Å². The molecule has 0 N–H and O–H groups in total. The Hall–Kier alpha value is -0.0600. The van der Waals surface area contributed by atoms with Gasteiger partial charge in [-0.3, -0.25) is 0 Å². The van der Waals surface area contributed by atoms with E-state index in [-0.39, 0.29) is 0 Å². The molecule has 62 valence electrons. The van der Waals surface area contributed by atoms with Crippen molar-refractivity contribution in [2.45, 2.75) is 24.4 Å². The van der Waals surface area contributed by atoms with Crippen molar-refractivity contribution >= 4 is 11.6 Å². The van der Waals surface area contributed by atoms with Crippen molar-refractivity contribution in [2.24, 2.45) is 0 Å². The van der Waals surface area contributed by atoms with Crippen molar-refractivity contribution in [3.05, 3.63) is 0 Å². The number of alkyl halides is 6. The Morgan fingerprint density at radius 2 is 1.60 bits per heavy atom. The van der Waals surface area contributed by atoms with Gasteiger partial charge in [0, 0.05) is 0 Å². The molecule has 10 heavy (non-hydrogen) atoms. The lowest BCUT2D eigenvalue weighted by atomic mass is 10.3. The first kappa shape index (κ1) is 9.94. The van der Waals surface area contributed by atoms with Gasteiger partial charge in [0.15, 0.2) is 0 Å². The zero-order valence-corrected chi connectivity index (χ0v) is 5.39. The van der Waals surface area contributed by atoms with E-state index in [1.807, 2.05) is 0 Å². The van der Waals surface area contributed by atoms with Crippen LogP contribution in [0.4, 0.5) is 22.0 Å². The highest BCUT2D eigenvalue weighted by molar-refractivity contribution is 6.20. The van der Waals surface area contributed by atoms with E-state index in [1.54, 1.807) is 0 Å². The van der Waals surface area contributed by atoms with Crippen molar-refractivity contribution in [3.8, 4) is 0 Å².